The van der Waals surface area contributed by atoms with Gasteiger partial charge in [0.15, 0.2) is 0 Å². The maximum absolute atomic E-state index is 12.0. The van der Waals surface area contributed by atoms with Gasteiger partial charge in [-0.3, -0.25) is 14.7 Å². The largest absolute Gasteiger partial charge is 0.326 e. The molecule has 6 nitrogen and oxygen atoms in total. The Morgan fingerprint density at radius 2 is 2.04 bits per heavy atom. The van der Waals surface area contributed by atoms with Crippen molar-refractivity contribution in [1.82, 2.24) is 9.55 Å². The average Bonchev–Trinajstić information content (AvgIpc) is 2.88. The predicted octanol–water partition coefficient (Wildman–Crippen LogP) is 4.07. The number of imidazole rings is 1. The number of fused-ring (bicyclic) bond motifs is 1. The highest BCUT2D eigenvalue weighted by atomic mass is 35.5. The molecular formula is C16H14ClN3O3S. The number of halogens is 1. The van der Waals surface area contributed by atoms with Gasteiger partial charge in [-0.05, 0) is 36.4 Å². The van der Waals surface area contributed by atoms with Crippen LogP contribution in [0.3, 0.4) is 0 Å². The van der Waals surface area contributed by atoms with Crippen molar-refractivity contribution in [3.8, 4) is 0 Å². The van der Waals surface area contributed by atoms with Gasteiger partial charge in [0.05, 0.1) is 20.9 Å². The minimum Gasteiger partial charge on any atom is -0.306 e. The van der Waals surface area contributed by atoms with Gasteiger partial charge in [0, 0.05) is 17.6 Å². The van der Waals surface area contributed by atoms with Gasteiger partial charge in [0.1, 0.15) is 0 Å². The molecule has 3 aromatic rings. The molecule has 1 N–H and O–H groups in total. The van der Waals surface area contributed by atoms with Crippen LogP contribution in [0.15, 0.2) is 52.2 Å². The van der Waals surface area contributed by atoms with Crippen LogP contribution in [0.4, 0.5) is 5.69 Å². The molecule has 0 aliphatic carbocycles. The van der Waals surface area contributed by atoms with Gasteiger partial charge in [-0.2, -0.15) is 0 Å². The SMILES string of the molecule is O=c1[nH]c2ccccc2n1CCCSc1ccc(Cl)cc1[N+](=O)[O-]. The highest BCUT2D eigenvalue weighted by Gasteiger charge is 2.14. The second-order valence-electron chi connectivity index (χ2n) is 5.17. The van der Waals surface area contributed by atoms with Gasteiger partial charge in [0.2, 0.25) is 0 Å². The number of rotatable bonds is 6. The molecule has 124 valence electrons. The van der Waals surface area contributed by atoms with E-state index in [-0.39, 0.29) is 11.4 Å². The zero-order valence-electron chi connectivity index (χ0n) is 12.6. The van der Waals surface area contributed by atoms with Crippen molar-refractivity contribution < 1.29 is 4.92 Å². The van der Waals surface area contributed by atoms with Gasteiger partial charge < -0.3 is 4.98 Å². The zero-order valence-corrected chi connectivity index (χ0v) is 14.1. The van der Waals surface area contributed by atoms with Crippen molar-refractivity contribution in [1.29, 1.82) is 0 Å². The van der Waals surface area contributed by atoms with E-state index in [0.29, 0.717) is 28.6 Å². The molecular weight excluding hydrogens is 350 g/mol. The lowest BCUT2D eigenvalue weighted by Crippen LogP contribution is -2.17. The number of nitro benzene ring substituents is 1. The average molecular weight is 364 g/mol. The third-order valence-electron chi connectivity index (χ3n) is 3.58. The third kappa shape index (κ3) is 3.47. The first-order valence-corrected chi connectivity index (χ1v) is 8.67. The third-order valence-corrected chi connectivity index (χ3v) is 4.97. The van der Waals surface area contributed by atoms with Gasteiger partial charge in [-0.1, -0.05) is 23.7 Å². The van der Waals surface area contributed by atoms with Crippen molar-refractivity contribution >= 4 is 40.1 Å². The smallest absolute Gasteiger partial charge is 0.306 e. The molecule has 2 aromatic carbocycles. The van der Waals surface area contributed by atoms with E-state index in [4.69, 9.17) is 11.6 Å². The lowest BCUT2D eigenvalue weighted by atomic mass is 10.3. The summed E-state index contributed by atoms with van der Waals surface area (Å²) < 4.78 is 1.69. The molecule has 1 aromatic heterocycles. The van der Waals surface area contributed by atoms with E-state index in [1.54, 1.807) is 16.7 Å². The molecule has 0 spiro atoms. The Morgan fingerprint density at radius 3 is 2.83 bits per heavy atom. The number of hydrogen-bond donors (Lipinski definition) is 1. The van der Waals surface area contributed by atoms with E-state index < -0.39 is 4.92 Å². The summed E-state index contributed by atoms with van der Waals surface area (Å²) in [5.41, 5.74) is 1.55. The second kappa shape index (κ2) is 7.11. The highest BCUT2D eigenvalue weighted by Crippen LogP contribution is 2.32. The van der Waals surface area contributed by atoms with Crippen LogP contribution in [0.5, 0.6) is 0 Å². The molecule has 0 amide bonds. The van der Waals surface area contributed by atoms with Crippen molar-refractivity contribution in [3.63, 3.8) is 0 Å². The van der Waals surface area contributed by atoms with Gasteiger partial charge in [-0.15, -0.1) is 11.8 Å². The Kier molecular flexibility index (Phi) is 4.92. The van der Waals surface area contributed by atoms with Crippen LogP contribution in [0.2, 0.25) is 5.02 Å². The maximum atomic E-state index is 12.0. The van der Waals surface area contributed by atoms with E-state index in [0.717, 1.165) is 11.0 Å². The summed E-state index contributed by atoms with van der Waals surface area (Å²) in [5.74, 6) is 0.661. The minimum atomic E-state index is -0.432. The quantitative estimate of drug-likeness (QED) is 0.310. The van der Waals surface area contributed by atoms with Gasteiger partial charge >= 0.3 is 5.69 Å². The number of nitrogens with one attached hydrogen (secondary N) is 1. The highest BCUT2D eigenvalue weighted by molar-refractivity contribution is 7.99. The lowest BCUT2D eigenvalue weighted by molar-refractivity contribution is -0.387. The molecule has 0 bridgehead atoms. The summed E-state index contributed by atoms with van der Waals surface area (Å²) in [6, 6.07) is 12.2. The number of hydrogen-bond acceptors (Lipinski definition) is 4. The van der Waals surface area contributed by atoms with Crippen LogP contribution in [-0.4, -0.2) is 20.2 Å². The maximum Gasteiger partial charge on any atom is 0.326 e. The van der Waals surface area contributed by atoms with Crippen LogP contribution in [0.25, 0.3) is 11.0 Å². The van der Waals surface area contributed by atoms with E-state index in [2.05, 4.69) is 4.98 Å². The molecule has 8 heteroatoms. The molecule has 0 fully saturated rings. The first-order chi connectivity index (χ1) is 11.6. The van der Waals surface area contributed by atoms with E-state index in [1.165, 1.54) is 17.8 Å². The number of thioether (sulfide) groups is 1. The Labute approximate surface area is 146 Å². The molecule has 0 aliphatic heterocycles. The van der Waals surface area contributed by atoms with Crippen molar-refractivity contribution in [3.05, 3.63) is 68.1 Å². The molecule has 0 atom stereocenters. The fourth-order valence-electron chi connectivity index (χ4n) is 2.49. The molecule has 1 heterocycles. The summed E-state index contributed by atoms with van der Waals surface area (Å²) in [6.07, 6.45) is 0.714. The Hall–Kier alpha value is -2.25. The number of H-pyrrole nitrogens is 1. The monoisotopic (exact) mass is 363 g/mol. The van der Waals surface area contributed by atoms with E-state index in [1.807, 2.05) is 24.3 Å². The fraction of sp³-hybridized carbons (Fsp3) is 0.188. The topological polar surface area (TPSA) is 80.9 Å². The van der Waals surface area contributed by atoms with Gasteiger partial charge in [0.25, 0.3) is 5.69 Å². The van der Waals surface area contributed by atoms with Crippen LogP contribution in [0, 0.1) is 10.1 Å². The van der Waals surface area contributed by atoms with E-state index >= 15 is 0 Å². The molecule has 3 rings (SSSR count). The minimum absolute atomic E-state index is 0.0109. The normalized spacial score (nSPS) is 11.0. The molecule has 0 saturated carbocycles. The predicted molar refractivity (Wildman–Crippen MR) is 96.0 cm³/mol. The summed E-state index contributed by atoms with van der Waals surface area (Å²) in [5, 5.41) is 11.4. The van der Waals surface area contributed by atoms with Gasteiger partial charge in [-0.25, -0.2) is 4.79 Å². The standard InChI is InChI=1S/C16H14ClN3O3S/c17-11-6-7-15(14(10-11)20(22)23)24-9-3-8-19-13-5-2-1-4-12(13)18-16(19)21/h1-2,4-7,10H,3,8-9H2,(H,18,21). The fourth-order valence-corrected chi connectivity index (χ4v) is 3.59. The number of para-hydroxylation sites is 2. The number of aromatic amines is 1. The summed E-state index contributed by atoms with van der Waals surface area (Å²) >= 11 is 7.20. The number of aromatic nitrogens is 2. The number of aryl methyl sites for hydroxylation is 1. The zero-order chi connectivity index (χ0) is 17.1. The molecule has 24 heavy (non-hydrogen) atoms. The van der Waals surface area contributed by atoms with Crippen molar-refractivity contribution in [2.24, 2.45) is 0 Å². The van der Waals surface area contributed by atoms with Crippen LogP contribution < -0.4 is 5.69 Å². The Morgan fingerprint density at radius 1 is 1.25 bits per heavy atom. The van der Waals surface area contributed by atoms with Crippen LogP contribution in [-0.2, 0) is 6.54 Å². The van der Waals surface area contributed by atoms with Crippen molar-refractivity contribution in [2.45, 2.75) is 17.9 Å². The Bertz CT molecular complexity index is 951. The molecule has 0 saturated heterocycles. The number of nitrogens with zero attached hydrogens (tertiary/aromatic N) is 2. The molecule has 0 aliphatic rings. The Balaban J connectivity index is 1.66. The number of nitro groups is 1. The first kappa shape index (κ1) is 16.6. The summed E-state index contributed by atoms with van der Waals surface area (Å²) in [7, 11) is 0. The first-order valence-electron chi connectivity index (χ1n) is 7.30. The lowest BCUT2D eigenvalue weighted by Gasteiger charge is -2.05. The van der Waals surface area contributed by atoms with Crippen molar-refractivity contribution in [2.75, 3.05) is 5.75 Å². The molecule has 0 radical (unpaired) electrons. The summed E-state index contributed by atoms with van der Waals surface area (Å²) in [4.78, 5) is 26.0. The van der Waals surface area contributed by atoms with E-state index in [9.17, 15) is 14.9 Å². The second-order valence-corrected chi connectivity index (χ2v) is 6.74. The van der Waals surface area contributed by atoms with Crippen LogP contribution >= 0.6 is 23.4 Å². The molecule has 0 unspecified atom stereocenters. The summed E-state index contributed by atoms with van der Waals surface area (Å²) in [6.45, 7) is 0.553. The number of benzene rings is 2. The van der Waals surface area contributed by atoms with Crippen LogP contribution in [0.1, 0.15) is 6.42 Å².